The fourth-order valence-corrected chi connectivity index (χ4v) is 2.84. The van der Waals surface area contributed by atoms with Gasteiger partial charge in [-0.05, 0) is 24.7 Å². The lowest BCUT2D eigenvalue weighted by Crippen LogP contribution is -2.49. The average Bonchev–Trinajstić information content (AvgIpc) is 2.82. The van der Waals surface area contributed by atoms with Crippen molar-refractivity contribution in [2.75, 3.05) is 32.7 Å². The van der Waals surface area contributed by atoms with Crippen LogP contribution in [0.4, 0.5) is 4.39 Å². The summed E-state index contributed by atoms with van der Waals surface area (Å²) >= 11 is 0. The molecule has 6 nitrogen and oxygen atoms in total. The molecule has 0 saturated carbocycles. The minimum Gasteiger partial charge on any atom is -0.339 e. The molecule has 2 aromatic rings. The number of hydrogen-bond acceptors (Lipinski definition) is 3. The second kappa shape index (κ2) is 5.92. The number of benzene rings is 1. The summed E-state index contributed by atoms with van der Waals surface area (Å²) in [6.45, 7) is 6.14. The monoisotopic (exact) mass is 306 g/mol. The summed E-state index contributed by atoms with van der Waals surface area (Å²) in [5, 5.41) is 0. The van der Waals surface area contributed by atoms with Crippen molar-refractivity contribution in [3.8, 4) is 0 Å². The van der Waals surface area contributed by atoms with Crippen LogP contribution >= 0.6 is 0 Å². The highest BCUT2D eigenvalue weighted by Gasteiger charge is 2.21. The van der Waals surface area contributed by atoms with Crippen LogP contribution in [-0.2, 0) is 11.3 Å². The highest BCUT2D eigenvalue weighted by molar-refractivity contribution is 5.80. The van der Waals surface area contributed by atoms with Crippen molar-refractivity contribution < 1.29 is 9.18 Å². The average molecular weight is 306 g/mol. The lowest BCUT2D eigenvalue weighted by Gasteiger charge is -2.34. The lowest BCUT2D eigenvalue weighted by molar-refractivity contribution is -0.133. The van der Waals surface area contributed by atoms with Gasteiger partial charge in [0.2, 0.25) is 5.91 Å². The number of nitrogens with one attached hydrogen (secondary N) is 1. The van der Waals surface area contributed by atoms with Gasteiger partial charge in [0, 0.05) is 26.2 Å². The van der Waals surface area contributed by atoms with E-state index in [1.54, 1.807) is 4.90 Å². The van der Waals surface area contributed by atoms with Crippen LogP contribution < -0.4 is 5.69 Å². The molecule has 1 fully saturated rings. The van der Waals surface area contributed by atoms with E-state index in [2.05, 4.69) is 16.8 Å². The summed E-state index contributed by atoms with van der Waals surface area (Å²) in [6.07, 6.45) is 0. The first-order valence-corrected chi connectivity index (χ1v) is 7.46. The zero-order chi connectivity index (χ0) is 15.7. The number of amides is 1. The number of halogens is 1. The maximum atomic E-state index is 13.2. The van der Waals surface area contributed by atoms with Crippen molar-refractivity contribution in [2.45, 2.75) is 13.5 Å². The topological polar surface area (TPSA) is 61.3 Å². The van der Waals surface area contributed by atoms with Gasteiger partial charge in [-0.25, -0.2) is 9.18 Å². The third-order valence-corrected chi connectivity index (χ3v) is 4.20. The van der Waals surface area contributed by atoms with E-state index < -0.39 is 5.82 Å². The summed E-state index contributed by atoms with van der Waals surface area (Å²) in [4.78, 5) is 31.0. The predicted octanol–water partition coefficient (Wildman–Crippen LogP) is 0.633. The van der Waals surface area contributed by atoms with Crippen LogP contribution in [0.3, 0.4) is 0 Å². The van der Waals surface area contributed by atoms with Gasteiger partial charge in [0.1, 0.15) is 12.4 Å². The predicted molar refractivity (Wildman–Crippen MR) is 81.2 cm³/mol. The molecular weight excluding hydrogens is 287 g/mol. The van der Waals surface area contributed by atoms with Gasteiger partial charge >= 0.3 is 5.69 Å². The van der Waals surface area contributed by atoms with E-state index in [9.17, 15) is 14.0 Å². The van der Waals surface area contributed by atoms with Crippen LogP contribution in [-0.4, -0.2) is 58.0 Å². The van der Waals surface area contributed by atoms with Crippen LogP contribution in [0.1, 0.15) is 6.92 Å². The molecule has 0 aliphatic carbocycles. The lowest BCUT2D eigenvalue weighted by atomic mass is 10.3. The Morgan fingerprint density at radius 1 is 1.27 bits per heavy atom. The zero-order valence-electron chi connectivity index (χ0n) is 12.5. The number of fused-ring (bicyclic) bond motifs is 1. The Balaban J connectivity index is 1.77. The number of aromatic amines is 1. The highest BCUT2D eigenvalue weighted by atomic mass is 19.1. The van der Waals surface area contributed by atoms with Crippen molar-refractivity contribution in [3.05, 3.63) is 34.5 Å². The molecule has 3 rings (SSSR count). The third kappa shape index (κ3) is 2.76. The molecule has 0 spiro atoms. The van der Waals surface area contributed by atoms with Gasteiger partial charge in [-0.2, -0.15) is 0 Å². The Kier molecular flexibility index (Phi) is 3.98. The first kappa shape index (κ1) is 14.8. The summed E-state index contributed by atoms with van der Waals surface area (Å²) in [7, 11) is 0. The number of carbonyl (C=O) groups is 1. The van der Waals surface area contributed by atoms with E-state index in [0.717, 1.165) is 19.6 Å². The molecule has 0 radical (unpaired) electrons. The standard InChI is InChI=1S/C15H19FN4O2/c1-2-18-5-7-19(8-6-18)14(21)10-20-13-4-3-11(16)9-12(13)17-15(20)22/h3-4,9H,2,5-8,10H2,1H3,(H,17,22). The number of imidazole rings is 1. The minimum absolute atomic E-state index is 0.0173. The maximum Gasteiger partial charge on any atom is 0.326 e. The molecule has 1 aromatic heterocycles. The molecule has 1 aromatic carbocycles. The fourth-order valence-electron chi connectivity index (χ4n) is 2.84. The molecule has 1 saturated heterocycles. The quantitative estimate of drug-likeness (QED) is 0.905. The largest absolute Gasteiger partial charge is 0.339 e. The molecule has 1 amide bonds. The summed E-state index contributed by atoms with van der Waals surface area (Å²) < 4.78 is 14.6. The number of aromatic nitrogens is 2. The molecule has 7 heteroatoms. The SMILES string of the molecule is CCN1CCN(C(=O)Cn2c(=O)[nH]c3cc(F)ccc32)CC1. The fraction of sp³-hybridized carbons (Fsp3) is 0.467. The number of nitrogens with zero attached hydrogens (tertiary/aromatic N) is 3. The van der Waals surface area contributed by atoms with Crippen LogP contribution in [0, 0.1) is 5.82 Å². The Bertz CT molecular complexity index is 744. The van der Waals surface area contributed by atoms with Crippen molar-refractivity contribution in [3.63, 3.8) is 0 Å². The Hall–Kier alpha value is -2.15. The van der Waals surface area contributed by atoms with Gasteiger partial charge in [-0.15, -0.1) is 0 Å². The minimum atomic E-state index is -0.414. The normalized spacial score (nSPS) is 16.4. The van der Waals surface area contributed by atoms with Crippen molar-refractivity contribution in [2.24, 2.45) is 0 Å². The van der Waals surface area contributed by atoms with E-state index in [1.807, 2.05) is 0 Å². The molecule has 0 atom stereocenters. The number of carbonyl (C=O) groups excluding carboxylic acids is 1. The number of piperazine rings is 1. The van der Waals surface area contributed by atoms with Crippen molar-refractivity contribution >= 4 is 16.9 Å². The van der Waals surface area contributed by atoms with Crippen LogP contribution in [0.2, 0.25) is 0 Å². The molecule has 2 heterocycles. The summed E-state index contributed by atoms with van der Waals surface area (Å²) in [5.41, 5.74) is 0.571. The van der Waals surface area contributed by atoms with Crippen LogP contribution in [0.5, 0.6) is 0 Å². The van der Waals surface area contributed by atoms with Gasteiger partial charge in [-0.3, -0.25) is 9.36 Å². The van der Waals surface area contributed by atoms with Gasteiger partial charge in [0.25, 0.3) is 0 Å². The van der Waals surface area contributed by atoms with Gasteiger partial charge in [0.05, 0.1) is 11.0 Å². The van der Waals surface area contributed by atoms with E-state index >= 15 is 0 Å². The van der Waals surface area contributed by atoms with Gasteiger partial charge in [-0.1, -0.05) is 6.92 Å². The Morgan fingerprint density at radius 3 is 2.68 bits per heavy atom. The Labute approximate surface area is 127 Å². The first-order valence-electron chi connectivity index (χ1n) is 7.46. The van der Waals surface area contributed by atoms with E-state index in [4.69, 9.17) is 0 Å². The van der Waals surface area contributed by atoms with E-state index in [-0.39, 0.29) is 18.1 Å². The summed E-state index contributed by atoms with van der Waals surface area (Å²) in [5.74, 6) is -0.494. The van der Waals surface area contributed by atoms with Gasteiger partial charge in [0.15, 0.2) is 0 Å². The van der Waals surface area contributed by atoms with Crippen molar-refractivity contribution in [1.82, 2.24) is 19.4 Å². The summed E-state index contributed by atoms with van der Waals surface area (Å²) in [6, 6.07) is 4.07. The molecule has 0 bridgehead atoms. The second-order valence-electron chi connectivity index (χ2n) is 5.49. The smallest absolute Gasteiger partial charge is 0.326 e. The first-order chi connectivity index (χ1) is 10.6. The maximum absolute atomic E-state index is 13.2. The molecular formula is C15H19FN4O2. The highest BCUT2D eigenvalue weighted by Crippen LogP contribution is 2.12. The number of hydrogen-bond donors (Lipinski definition) is 1. The molecule has 22 heavy (non-hydrogen) atoms. The second-order valence-corrected chi connectivity index (χ2v) is 5.49. The molecule has 118 valence electrons. The molecule has 1 aliphatic heterocycles. The van der Waals surface area contributed by atoms with Crippen LogP contribution in [0.15, 0.2) is 23.0 Å². The third-order valence-electron chi connectivity index (χ3n) is 4.20. The zero-order valence-corrected chi connectivity index (χ0v) is 12.5. The molecule has 0 unspecified atom stereocenters. The van der Waals surface area contributed by atoms with E-state index in [1.165, 1.54) is 22.8 Å². The Morgan fingerprint density at radius 2 is 2.00 bits per heavy atom. The van der Waals surface area contributed by atoms with Crippen molar-refractivity contribution in [1.29, 1.82) is 0 Å². The number of likely N-dealkylation sites (N-methyl/N-ethyl adjacent to an activating group) is 1. The molecule has 1 aliphatic rings. The number of H-pyrrole nitrogens is 1. The van der Waals surface area contributed by atoms with Gasteiger partial charge < -0.3 is 14.8 Å². The van der Waals surface area contributed by atoms with Crippen LogP contribution in [0.25, 0.3) is 11.0 Å². The number of rotatable bonds is 3. The molecule has 1 N–H and O–H groups in total. The van der Waals surface area contributed by atoms with E-state index in [0.29, 0.717) is 24.1 Å².